The van der Waals surface area contributed by atoms with Gasteiger partial charge in [0, 0.05) is 24.3 Å². The van der Waals surface area contributed by atoms with Gasteiger partial charge in [-0.1, -0.05) is 49.4 Å². The third-order valence-electron chi connectivity index (χ3n) is 4.19. The van der Waals surface area contributed by atoms with Gasteiger partial charge in [0.2, 0.25) is 5.91 Å². The lowest BCUT2D eigenvalue weighted by molar-refractivity contribution is -0.115. The second-order valence-corrected chi connectivity index (χ2v) is 5.99. The first kappa shape index (κ1) is 16.2. The van der Waals surface area contributed by atoms with Gasteiger partial charge < -0.3 is 10.4 Å². The number of carbonyl (C=O) groups excluding carboxylic acids is 1. The number of fused-ring (bicyclic) bond motifs is 1. The highest BCUT2D eigenvalue weighted by Crippen LogP contribution is 2.21. The Balaban J connectivity index is 1.69. The van der Waals surface area contributed by atoms with E-state index < -0.39 is 0 Å². The number of hydrogen-bond donors (Lipinski definition) is 3. The number of H-pyrrole nitrogens is 1. The van der Waals surface area contributed by atoms with Crippen LogP contribution in [0.4, 0.5) is 5.82 Å². The van der Waals surface area contributed by atoms with Gasteiger partial charge in [-0.15, -0.1) is 0 Å². The first-order valence-electron chi connectivity index (χ1n) is 8.10. The molecule has 0 spiro atoms. The molecule has 1 amide bonds. The third-order valence-corrected chi connectivity index (χ3v) is 4.19. The summed E-state index contributed by atoms with van der Waals surface area (Å²) in [6, 6.07) is 15.8. The van der Waals surface area contributed by atoms with E-state index in [0.29, 0.717) is 18.7 Å². The quantitative estimate of drug-likeness (QED) is 0.652. The highest BCUT2D eigenvalue weighted by molar-refractivity contribution is 5.95. The Morgan fingerprint density at radius 2 is 2.04 bits per heavy atom. The zero-order valence-corrected chi connectivity index (χ0v) is 13.6. The van der Waals surface area contributed by atoms with E-state index >= 15 is 0 Å². The molecule has 2 aromatic carbocycles. The fourth-order valence-corrected chi connectivity index (χ4v) is 2.81. The number of hydrogen-bond acceptors (Lipinski definition) is 3. The number of aliphatic hydroxyl groups is 1. The monoisotopic (exact) mass is 323 g/mol. The lowest BCUT2D eigenvalue weighted by Gasteiger charge is -2.06. The van der Waals surface area contributed by atoms with Gasteiger partial charge in [0.25, 0.3) is 0 Å². The molecule has 3 rings (SSSR count). The number of amides is 1. The molecule has 0 aliphatic rings. The van der Waals surface area contributed by atoms with E-state index in [9.17, 15) is 4.79 Å². The normalized spacial score (nSPS) is 12.2. The minimum Gasteiger partial charge on any atom is -0.396 e. The Morgan fingerprint density at radius 1 is 1.25 bits per heavy atom. The summed E-state index contributed by atoms with van der Waals surface area (Å²) in [7, 11) is 0. The van der Waals surface area contributed by atoms with E-state index in [4.69, 9.17) is 5.11 Å². The molecule has 0 aliphatic carbocycles. The molecule has 0 fully saturated rings. The molecule has 24 heavy (non-hydrogen) atoms. The summed E-state index contributed by atoms with van der Waals surface area (Å²) in [5, 5.41) is 21.1. The molecule has 1 unspecified atom stereocenters. The van der Waals surface area contributed by atoms with Gasteiger partial charge in [-0.2, -0.15) is 5.10 Å². The molecule has 0 saturated heterocycles. The third kappa shape index (κ3) is 3.63. The molecular formula is C19H21N3O2. The average molecular weight is 323 g/mol. The van der Waals surface area contributed by atoms with E-state index in [-0.39, 0.29) is 18.4 Å². The van der Waals surface area contributed by atoms with Crippen LogP contribution in [0.25, 0.3) is 10.8 Å². The van der Waals surface area contributed by atoms with Crippen molar-refractivity contribution in [3.63, 3.8) is 0 Å². The molecule has 1 heterocycles. The number of aromatic nitrogens is 2. The highest BCUT2D eigenvalue weighted by Gasteiger charge is 2.12. The topological polar surface area (TPSA) is 78.0 Å². The number of anilines is 1. The van der Waals surface area contributed by atoms with Crippen molar-refractivity contribution in [1.29, 1.82) is 0 Å². The first-order chi connectivity index (χ1) is 11.7. The molecule has 5 heteroatoms. The van der Waals surface area contributed by atoms with Gasteiger partial charge in [-0.05, 0) is 22.8 Å². The number of aliphatic hydroxyl groups excluding tert-OH is 1. The SMILES string of the molecule is CC(CCO)c1cc(NC(=O)Cc2cccc3ccccc23)n[nH]1. The Kier molecular flexibility index (Phi) is 4.91. The number of carbonyl (C=O) groups is 1. The van der Waals surface area contributed by atoms with Gasteiger partial charge in [-0.25, -0.2) is 0 Å². The zero-order valence-electron chi connectivity index (χ0n) is 13.6. The summed E-state index contributed by atoms with van der Waals surface area (Å²) in [5.74, 6) is 0.588. The van der Waals surface area contributed by atoms with Crippen molar-refractivity contribution in [1.82, 2.24) is 10.2 Å². The van der Waals surface area contributed by atoms with Crippen molar-refractivity contribution >= 4 is 22.5 Å². The van der Waals surface area contributed by atoms with Crippen LogP contribution in [0.15, 0.2) is 48.5 Å². The average Bonchev–Trinajstić information content (AvgIpc) is 3.04. The lowest BCUT2D eigenvalue weighted by Crippen LogP contribution is -2.14. The summed E-state index contributed by atoms with van der Waals surface area (Å²) in [6.45, 7) is 2.13. The van der Waals surface area contributed by atoms with Gasteiger partial charge in [0.1, 0.15) is 0 Å². The number of nitrogens with zero attached hydrogens (tertiary/aromatic N) is 1. The molecule has 3 aromatic rings. The summed E-state index contributed by atoms with van der Waals surface area (Å²) >= 11 is 0. The van der Waals surface area contributed by atoms with Crippen LogP contribution < -0.4 is 5.32 Å². The molecule has 0 bridgehead atoms. The molecule has 0 saturated carbocycles. The first-order valence-corrected chi connectivity index (χ1v) is 8.10. The van der Waals surface area contributed by atoms with Crippen LogP contribution in [0.1, 0.15) is 30.5 Å². The minimum absolute atomic E-state index is 0.0979. The highest BCUT2D eigenvalue weighted by atomic mass is 16.3. The van der Waals surface area contributed by atoms with Crippen molar-refractivity contribution in [2.75, 3.05) is 11.9 Å². The van der Waals surface area contributed by atoms with Crippen LogP contribution in [0, 0.1) is 0 Å². The number of aromatic amines is 1. The Labute approximate surface area is 140 Å². The van der Waals surface area contributed by atoms with Gasteiger partial charge in [0.15, 0.2) is 5.82 Å². The number of rotatable bonds is 6. The maximum Gasteiger partial charge on any atom is 0.230 e. The largest absolute Gasteiger partial charge is 0.396 e. The predicted molar refractivity (Wildman–Crippen MR) is 95.0 cm³/mol. The number of benzene rings is 2. The fraction of sp³-hybridized carbons (Fsp3) is 0.263. The Morgan fingerprint density at radius 3 is 2.88 bits per heavy atom. The maximum absolute atomic E-state index is 12.3. The molecule has 0 radical (unpaired) electrons. The summed E-state index contributed by atoms with van der Waals surface area (Å²) in [6.07, 6.45) is 0.960. The van der Waals surface area contributed by atoms with Gasteiger partial charge in [0.05, 0.1) is 6.42 Å². The van der Waals surface area contributed by atoms with Crippen LogP contribution in [0.2, 0.25) is 0 Å². The predicted octanol–water partition coefficient (Wildman–Crippen LogP) is 3.23. The maximum atomic E-state index is 12.3. The molecule has 5 nitrogen and oxygen atoms in total. The standard InChI is InChI=1S/C19H21N3O2/c1-13(9-10-23)17-12-18(22-21-17)20-19(24)11-15-7-4-6-14-5-2-3-8-16(14)15/h2-8,12-13,23H,9-11H2,1H3,(H2,20,21,22,24). The summed E-state index contributed by atoms with van der Waals surface area (Å²) < 4.78 is 0. The van der Waals surface area contributed by atoms with E-state index in [0.717, 1.165) is 22.0 Å². The van der Waals surface area contributed by atoms with Gasteiger partial charge in [-0.3, -0.25) is 9.89 Å². The second kappa shape index (κ2) is 7.27. The molecule has 1 aromatic heterocycles. The van der Waals surface area contributed by atoms with Crippen molar-refractivity contribution in [2.45, 2.75) is 25.7 Å². The molecule has 124 valence electrons. The van der Waals surface area contributed by atoms with Crippen LogP contribution in [-0.2, 0) is 11.2 Å². The second-order valence-electron chi connectivity index (χ2n) is 5.99. The Bertz CT molecular complexity index is 836. The lowest BCUT2D eigenvalue weighted by atomic mass is 10.0. The van der Waals surface area contributed by atoms with Crippen molar-refractivity contribution in [2.24, 2.45) is 0 Å². The van der Waals surface area contributed by atoms with E-state index in [2.05, 4.69) is 15.5 Å². The molecule has 1 atom stereocenters. The van der Waals surface area contributed by atoms with Crippen LogP contribution >= 0.6 is 0 Å². The van der Waals surface area contributed by atoms with E-state index in [1.807, 2.05) is 55.5 Å². The van der Waals surface area contributed by atoms with Crippen molar-refractivity contribution < 1.29 is 9.90 Å². The minimum atomic E-state index is -0.0979. The smallest absolute Gasteiger partial charge is 0.230 e. The Hall–Kier alpha value is -2.66. The van der Waals surface area contributed by atoms with Crippen LogP contribution in [0.5, 0.6) is 0 Å². The summed E-state index contributed by atoms with van der Waals surface area (Å²) in [4.78, 5) is 12.3. The van der Waals surface area contributed by atoms with Crippen LogP contribution in [0.3, 0.4) is 0 Å². The molecular weight excluding hydrogens is 302 g/mol. The molecule has 3 N–H and O–H groups in total. The number of nitrogens with one attached hydrogen (secondary N) is 2. The fourth-order valence-electron chi connectivity index (χ4n) is 2.81. The summed E-state index contributed by atoms with van der Waals surface area (Å²) in [5.41, 5.74) is 1.90. The van der Waals surface area contributed by atoms with E-state index in [1.54, 1.807) is 0 Å². The molecule has 0 aliphatic heterocycles. The van der Waals surface area contributed by atoms with Crippen LogP contribution in [-0.4, -0.2) is 27.8 Å². The van der Waals surface area contributed by atoms with Crippen molar-refractivity contribution in [3.8, 4) is 0 Å². The van der Waals surface area contributed by atoms with Gasteiger partial charge >= 0.3 is 0 Å². The van der Waals surface area contributed by atoms with Crippen molar-refractivity contribution in [3.05, 3.63) is 59.8 Å². The van der Waals surface area contributed by atoms with E-state index in [1.165, 1.54) is 0 Å². The zero-order chi connectivity index (χ0) is 16.9.